The third-order valence-corrected chi connectivity index (χ3v) is 6.52. The Morgan fingerprint density at radius 3 is 2.67 bits per heavy atom. The van der Waals surface area contributed by atoms with Gasteiger partial charge < -0.3 is 15.4 Å². The maximum atomic E-state index is 15.4. The molecule has 3 aromatic heterocycles. The van der Waals surface area contributed by atoms with Crippen LogP contribution in [0.3, 0.4) is 0 Å². The Morgan fingerprint density at radius 2 is 1.98 bits per heavy atom. The van der Waals surface area contributed by atoms with Gasteiger partial charge in [0.05, 0.1) is 17.0 Å². The zero-order valence-corrected chi connectivity index (χ0v) is 22.5. The Labute approximate surface area is 230 Å². The molecule has 0 radical (unpaired) electrons. The molecule has 204 valence electrons. The lowest BCUT2D eigenvalue weighted by molar-refractivity contribution is -0.128. The Kier molecular flexibility index (Phi) is 7.17. The topological polar surface area (TPSA) is 136 Å². The number of carbonyl (C=O) groups is 1. The van der Waals surface area contributed by atoms with E-state index < -0.39 is 5.95 Å². The van der Waals surface area contributed by atoms with Crippen molar-refractivity contribution in [2.24, 2.45) is 5.41 Å². The molecular formula is C29H29FN8O2. The first kappa shape index (κ1) is 26.7. The van der Waals surface area contributed by atoms with Crippen molar-refractivity contribution in [3.63, 3.8) is 0 Å². The summed E-state index contributed by atoms with van der Waals surface area (Å²) in [6.45, 7) is 6.64. The molecule has 1 aromatic carbocycles. The number of fused-ring (bicyclic) bond motifs is 1. The second-order valence-corrected chi connectivity index (χ2v) is 10.7. The number of ether oxygens (including phenoxy) is 1. The monoisotopic (exact) mass is 540 g/mol. The van der Waals surface area contributed by atoms with Gasteiger partial charge in [-0.2, -0.15) is 19.7 Å². The van der Waals surface area contributed by atoms with E-state index >= 15 is 4.39 Å². The van der Waals surface area contributed by atoms with Gasteiger partial charge in [0.1, 0.15) is 35.2 Å². The van der Waals surface area contributed by atoms with Gasteiger partial charge in [0, 0.05) is 19.2 Å². The van der Waals surface area contributed by atoms with Gasteiger partial charge in [0.15, 0.2) is 5.65 Å². The van der Waals surface area contributed by atoms with Crippen LogP contribution in [-0.2, 0) is 4.79 Å². The number of benzene rings is 1. The van der Waals surface area contributed by atoms with Gasteiger partial charge in [-0.25, -0.2) is 14.6 Å². The van der Waals surface area contributed by atoms with E-state index in [2.05, 4.69) is 21.0 Å². The Hall–Kier alpha value is -4.85. The van der Waals surface area contributed by atoms with Gasteiger partial charge >= 0.3 is 0 Å². The minimum atomic E-state index is -0.783. The summed E-state index contributed by atoms with van der Waals surface area (Å²) in [5.74, 6) is -0.327. The van der Waals surface area contributed by atoms with Crippen molar-refractivity contribution in [2.45, 2.75) is 39.7 Å². The fourth-order valence-corrected chi connectivity index (χ4v) is 4.78. The SMILES string of the molecule is CC(C)(C)C=C(C#N)C(=O)N1CCC[C@@H](n2nc(-c3ccc(Oc4ccccc4)nc3F)c3c(N)ncnc32)C1. The molecular weight excluding hydrogens is 511 g/mol. The van der Waals surface area contributed by atoms with E-state index in [9.17, 15) is 10.1 Å². The molecule has 11 heteroatoms. The number of allylic oxidation sites excluding steroid dienone is 1. The Bertz CT molecular complexity index is 1640. The molecule has 0 aliphatic carbocycles. The molecule has 40 heavy (non-hydrogen) atoms. The molecule has 1 atom stereocenters. The highest BCUT2D eigenvalue weighted by molar-refractivity contribution is 5.99. The second-order valence-electron chi connectivity index (χ2n) is 10.7. The van der Waals surface area contributed by atoms with Crippen LogP contribution < -0.4 is 10.5 Å². The van der Waals surface area contributed by atoms with Crippen molar-refractivity contribution in [1.29, 1.82) is 5.26 Å². The molecule has 4 heterocycles. The summed E-state index contributed by atoms with van der Waals surface area (Å²) in [6, 6.07) is 13.8. The van der Waals surface area contributed by atoms with E-state index in [0.717, 1.165) is 0 Å². The third-order valence-electron chi connectivity index (χ3n) is 6.52. The number of piperidine rings is 1. The summed E-state index contributed by atoms with van der Waals surface area (Å²) in [7, 11) is 0. The predicted octanol–water partition coefficient (Wildman–Crippen LogP) is 5.06. The summed E-state index contributed by atoms with van der Waals surface area (Å²) in [5.41, 5.74) is 6.81. The summed E-state index contributed by atoms with van der Waals surface area (Å²) in [6.07, 6.45) is 4.43. The number of nitrogen functional groups attached to an aromatic ring is 1. The highest BCUT2D eigenvalue weighted by atomic mass is 19.1. The lowest BCUT2D eigenvalue weighted by Crippen LogP contribution is -2.41. The summed E-state index contributed by atoms with van der Waals surface area (Å²) in [4.78, 5) is 27.4. The van der Waals surface area contributed by atoms with Gasteiger partial charge in [0.25, 0.3) is 5.91 Å². The molecule has 1 fully saturated rings. The predicted molar refractivity (Wildman–Crippen MR) is 147 cm³/mol. The number of nitriles is 1. The average molecular weight is 541 g/mol. The molecule has 2 N–H and O–H groups in total. The number of anilines is 1. The van der Waals surface area contributed by atoms with Crippen LogP contribution in [0, 0.1) is 22.7 Å². The highest BCUT2D eigenvalue weighted by Crippen LogP contribution is 2.35. The fraction of sp³-hybridized carbons (Fsp3) is 0.310. The molecule has 1 aliphatic heterocycles. The minimum Gasteiger partial charge on any atom is -0.439 e. The molecule has 0 bridgehead atoms. The van der Waals surface area contributed by atoms with Crippen LogP contribution in [0.25, 0.3) is 22.3 Å². The van der Waals surface area contributed by atoms with E-state index in [0.29, 0.717) is 42.7 Å². The average Bonchev–Trinajstić information content (AvgIpc) is 3.32. The Morgan fingerprint density at radius 1 is 1.20 bits per heavy atom. The number of nitrogens with zero attached hydrogens (tertiary/aromatic N) is 7. The first-order chi connectivity index (χ1) is 19.1. The summed E-state index contributed by atoms with van der Waals surface area (Å²) >= 11 is 0. The van der Waals surface area contributed by atoms with Crippen LogP contribution in [0.2, 0.25) is 0 Å². The van der Waals surface area contributed by atoms with E-state index in [1.54, 1.807) is 33.9 Å². The van der Waals surface area contributed by atoms with E-state index in [1.807, 2.05) is 39.0 Å². The van der Waals surface area contributed by atoms with Crippen molar-refractivity contribution in [2.75, 3.05) is 18.8 Å². The van der Waals surface area contributed by atoms with Gasteiger partial charge in [-0.1, -0.05) is 45.0 Å². The number of carbonyl (C=O) groups excluding carboxylic acids is 1. The molecule has 0 spiro atoms. The van der Waals surface area contributed by atoms with Crippen LogP contribution in [0.15, 0.2) is 60.4 Å². The second kappa shape index (κ2) is 10.7. The molecule has 4 aromatic rings. The van der Waals surface area contributed by atoms with Gasteiger partial charge in [-0.3, -0.25) is 4.79 Å². The first-order valence-corrected chi connectivity index (χ1v) is 13.0. The number of hydrogen-bond donors (Lipinski definition) is 1. The van der Waals surface area contributed by atoms with Gasteiger partial charge in [0.2, 0.25) is 11.8 Å². The van der Waals surface area contributed by atoms with Crippen LogP contribution in [0.4, 0.5) is 10.2 Å². The largest absolute Gasteiger partial charge is 0.439 e. The number of aromatic nitrogens is 5. The zero-order chi connectivity index (χ0) is 28.4. The number of pyridine rings is 1. The van der Waals surface area contributed by atoms with E-state index in [-0.39, 0.29) is 45.9 Å². The highest BCUT2D eigenvalue weighted by Gasteiger charge is 2.31. The quantitative estimate of drug-likeness (QED) is 0.211. The van der Waals surface area contributed by atoms with E-state index in [4.69, 9.17) is 15.6 Å². The van der Waals surface area contributed by atoms with Crippen molar-refractivity contribution in [3.8, 4) is 29.0 Å². The number of nitrogens with two attached hydrogens (primary N) is 1. The zero-order valence-electron chi connectivity index (χ0n) is 22.5. The number of rotatable bonds is 5. The van der Waals surface area contributed by atoms with Crippen molar-refractivity contribution < 1.29 is 13.9 Å². The number of amides is 1. The van der Waals surface area contributed by atoms with Crippen molar-refractivity contribution >= 4 is 22.8 Å². The summed E-state index contributed by atoms with van der Waals surface area (Å²) < 4.78 is 22.7. The fourth-order valence-electron chi connectivity index (χ4n) is 4.78. The number of para-hydroxylation sites is 1. The van der Waals surface area contributed by atoms with Gasteiger partial charge in [-0.15, -0.1) is 0 Å². The summed E-state index contributed by atoms with van der Waals surface area (Å²) in [5, 5.41) is 14.8. The smallest absolute Gasteiger partial charge is 0.264 e. The van der Waals surface area contributed by atoms with Crippen molar-refractivity contribution in [3.05, 3.63) is 66.4 Å². The molecule has 5 rings (SSSR count). The number of hydrogen-bond acceptors (Lipinski definition) is 8. The normalized spacial score (nSPS) is 16.1. The maximum Gasteiger partial charge on any atom is 0.264 e. The molecule has 10 nitrogen and oxygen atoms in total. The van der Waals surface area contributed by atoms with Crippen LogP contribution in [0.1, 0.15) is 39.7 Å². The standard InChI is InChI=1S/C29H29FN8O2/c1-29(2,3)14-18(15-31)28(39)37-13-7-8-19(16-37)38-27-23(26(32)33-17-34-27)24(36-38)21-11-12-22(35-25(21)30)40-20-9-5-4-6-10-20/h4-6,9-12,14,17,19H,7-8,13,16H2,1-3H3,(H2,32,33,34)/t19-/m1/s1. The number of halogens is 1. The first-order valence-electron chi connectivity index (χ1n) is 13.0. The molecule has 1 aliphatic rings. The Balaban J connectivity index is 1.49. The van der Waals surface area contributed by atoms with Crippen LogP contribution >= 0.6 is 0 Å². The molecule has 0 saturated carbocycles. The van der Waals surface area contributed by atoms with Crippen molar-refractivity contribution in [1.82, 2.24) is 29.6 Å². The molecule has 1 saturated heterocycles. The van der Waals surface area contributed by atoms with Gasteiger partial charge in [-0.05, 0) is 36.5 Å². The van der Waals surface area contributed by atoms with Crippen LogP contribution in [-0.4, -0.2) is 48.6 Å². The lowest BCUT2D eigenvalue weighted by Gasteiger charge is -2.33. The number of likely N-dealkylation sites (tertiary alicyclic amines) is 1. The maximum absolute atomic E-state index is 15.4. The molecule has 0 unspecified atom stereocenters. The van der Waals surface area contributed by atoms with Crippen LogP contribution in [0.5, 0.6) is 11.6 Å². The lowest BCUT2D eigenvalue weighted by atomic mass is 9.93. The molecule has 1 amide bonds. The minimum absolute atomic E-state index is 0.0958. The van der Waals surface area contributed by atoms with E-state index in [1.165, 1.54) is 12.4 Å². The third kappa shape index (κ3) is 5.47.